The van der Waals surface area contributed by atoms with Gasteiger partial charge in [0.2, 0.25) is 5.91 Å². The summed E-state index contributed by atoms with van der Waals surface area (Å²) in [6, 6.07) is 15.9. The lowest BCUT2D eigenvalue weighted by Gasteiger charge is -2.07. The van der Waals surface area contributed by atoms with E-state index >= 15 is 0 Å². The summed E-state index contributed by atoms with van der Waals surface area (Å²) < 4.78 is 5.25. The van der Waals surface area contributed by atoms with Crippen LogP contribution in [-0.2, 0) is 11.2 Å². The number of benzene rings is 2. The molecule has 138 valence electrons. The summed E-state index contributed by atoms with van der Waals surface area (Å²) in [5.41, 5.74) is 3.66. The van der Waals surface area contributed by atoms with Gasteiger partial charge in [-0.1, -0.05) is 36.4 Å². The highest BCUT2D eigenvalue weighted by molar-refractivity contribution is 7.08. The first-order valence-corrected chi connectivity index (χ1v) is 9.34. The van der Waals surface area contributed by atoms with Gasteiger partial charge in [-0.2, -0.15) is 0 Å². The van der Waals surface area contributed by atoms with Gasteiger partial charge in [0.05, 0.1) is 18.4 Å². The topological polar surface area (TPSA) is 75.6 Å². The minimum absolute atomic E-state index is 0.121. The molecule has 2 N–H and O–H groups in total. The lowest BCUT2D eigenvalue weighted by molar-refractivity contribution is -0.116. The van der Waals surface area contributed by atoms with Crippen LogP contribution in [0.1, 0.15) is 22.3 Å². The summed E-state index contributed by atoms with van der Waals surface area (Å²) in [5, 5.41) is 14.9. The second-order valence-electron chi connectivity index (χ2n) is 5.98. The maximum Gasteiger partial charge on any atom is 0.338 e. The van der Waals surface area contributed by atoms with Crippen molar-refractivity contribution in [2.75, 3.05) is 12.4 Å². The Bertz CT molecular complexity index is 947. The zero-order valence-electron chi connectivity index (χ0n) is 14.8. The third-order valence-electron chi connectivity index (χ3n) is 4.16. The van der Waals surface area contributed by atoms with Crippen LogP contribution in [0.25, 0.3) is 11.1 Å². The molecule has 1 aromatic heterocycles. The number of hydrogen-bond acceptors (Lipinski definition) is 4. The Morgan fingerprint density at radius 2 is 1.85 bits per heavy atom. The minimum atomic E-state index is -1.04. The molecule has 0 saturated heterocycles. The summed E-state index contributed by atoms with van der Waals surface area (Å²) in [6.45, 7) is 0. The van der Waals surface area contributed by atoms with E-state index in [4.69, 9.17) is 9.84 Å². The number of carbonyl (C=O) groups excluding carboxylic acids is 1. The van der Waals surface area contributed by atoms with Crippen molar-refractivity contribution in [1.82, 2.24) is 0 Å². The van der Waals surface area contributed by atoms with Crippen molar-refractivity contribution in [2.24, 2.45) is 0 Å². The van der Waals surface area contributed by atoms with Crippen LogP contribution in [0, 0.1) is 0 Å². The Balaban J connectivity index is 1.59. The second kappa shape index (κ2) is 8.51. The normalized spacial score (nSPS) is 10.4. The maximum absolute atomic E-state index is 12.1. The molecular weight excluding hydrogens is 362 g/mol. The van der Waals surface area contributed by atoms with Crippen molar-refractivity contribution in [1.29, 1.82) is 0 Å². The number of carboxylic acid groups (broad SMARTS) is 1. The first kappa shape index (κ1) is 18.7. The van der Waals surface area contributed by atoms with Gasteiger partial charge in [-0.3, -0.25) is 4.79 Å². The molecule has 0 aliphatic carbocycles. The number of amides is 1. The zero-order chi connectivity index (χ0) is 19.2. The van der Waals surface area contributed by atoms with E-state index in [2.05, 4.69) is 5.32 Å². The van der Waals surface area contributed by atoms with E-state index in [0.29, 0.717) is 12.1 Å². The lowest BCUT2D eigenvalue weighted by Crippen LogP contribution is -2.14. The molecule has 3 aromatic rings. The minimum Gasteiger partial charge on any atom is -0.497 e. The van der Waals surface area contributed by atoms with Gasteiger partial charge >= 0.3 is 5.97 Å². The van der Waals surface area contributed by atoms with Crippen LogP contribution in [0.3, 0.4) is 0 Å². The van der Waals surface area contributed by atoms with Crippen molar-refractivity contribution in [2.45, 2.75) is 12.8 Å². The SMILES string of the molecule is COc1cccc(-c2ccc(CCC(=O)Nc3cscc3C(=O)O)cc2)c1. The molecule has 27 heavy (non-hydrogen) atoms. The second-order valence-corrected chi connectivity index (χ2v) is 6.72. The number of aromatic carboxylic acids is 1. The molecule has 0 atom stereocenters. The molecule has 5 nitrogen and oxygen atoms in total. The van der Waals surface area contributed by atoms with Gasteiger partial charge in [-0.05, 0) is 35.2 Å². The van der Waals surface area contributed by atoms with Crippen molar-refractivity contribution in [3.05, 3.63) is 70.4 Å². The third-order valence-corrected chi connectivity index (χ3v) is 4.91. The molecule has 0 saturated carbocycles. The number of anilines is 1. The van der Waals surface area contributed by atoms with E-state index < -0.39 is 5.97 Å². The average Bonchev–Trinajstić information content (AvgIpc) is 3.15. The number of nitrogens with one attached hydrogen (secondary N) is 1. The van der Waals surface area contributed by atoms with Crippen molar-refractivity contribution in [3.63, 3.8) is 0 Å². The van der Waals surface area contributed by atoms with Crippen molar-refractivity contribution < 1.29 is 19.4 Å². The van der Waals surface area contributed by atoms with Crippen molar-refractivity contribution >= 4 is 28.9 Å². The number of aryl methyl sites for hydroxylation is 1. The van der Waals surface area contributed by atoms with Crippen LogP contribution in [0.2, 0.25) is 0 Å². The van der Waals surface area contributed by atoms with Crippen LogP contribution >= 0.6 is 11.3 Å². The smallest absolute Gasteiger partial charge is 0.338 e. The molecule has 6 heteroatoms. The fourth-order valence-corrected chi connectivity index (χ4v) is 3.45. The van der Waals surface area contributed by atoms with E-state index in [1.807, 2.05) is 48.5 Å². The van der Waals surface area contributed by atoms with Gasteiger partial charge in [0.1, 0.15) is 5.75 Å². The zero-order valence-corrected chi connectivity index (χ0v) is 15.6. The molecule has 0 radical (unpaired) electrons. The summed E-state index contributed by atoms with van der Waals surface area (Å²) in [4.78, 5) is 23.2. The fourth-order valence-electron chi connectivity index (χ4n) is 2.70. The Kier molecular flexibility index (Phi) is 5.88. The molecule has 3 rings (SSSR count). The van der Waals surface area contributed by atoms with E-state index in [-0.39, 0.29) is 17.9 Å². The van der Waals surface area contributed by atoms with E-state index in [0.717, 1.165) is 22.4 Å². The van der Waals surface area contributed by atoms with Crippen LogP contribution in [0.4, 0.5) is 5.69 Å². The molecule has 1 amide bonds. The van der Waals surface area contributed by atoms with Gasteiger partial charge < -0.3 is 15.2 Å². The number of thiophene rings is 1. The Hall–Kier alpha value is -3.12. The largest absolute Gasteiger partial charge is 0.497 e. The van der Waals surface area contributed by atoms with Crippen LogP contribution in [0.5, 0.6) is 5.75 Å². The number of ether oxygens (including phenoxy) is 1. The molecule has 0 aliphatic rings. The highest BCUT2D eigenvalue weighted by Gasteiger charge is 2.13. The molecule has 1 heterocycles. The van der Waals surface area contributed by atoms with E-state index in [9.17, 15) is 9.59 Å². The molecule has 0 fully saturated rings. The predicted molar refractivity (Wildman–Crippen MR) is 107 cm³/mol. The fraction of sp³-hybridized carbons (Fsp3) is 0.143. The van der Waals surface area contributed by atoms with E-state index in [1.165, 1.54) is 16.7 Å². The predicted octanol–water partition coefficient (Wildman–Crippen LogP) is 4.69. The first-order chi connectivity index (χ1) is 13.1. The number of rotatable bonds is 7. The molecular formula is C21H19NO4S. The first-order valence-electron chi connectivity index (χ1n) is 8.39. The van der Waals surface area contributed by atoms with Gasteiger partial charge in [0, 0.05) is 17.2 Å². The number of carbonyl (C=O) groups is 2. The van der Waals surface area contributed by atoms with E-state index in [1.54, 1.807) is 12.5 Å². The quantitative estimate of drug-likeness (QED) is 0.622. The number of hydrogen-bond donors (Lipinski definition) is 2. The van der Waals surface area contributed by atoms with Gasteiger partial charge in [-0.15, -0.1) is 11.3 Å². The van der Waals surface area contributed by atoms with Crippen LogP contribution < -0.4 is 10.1 Å². The Morgan fingerprint density at radius 3 is 2.56 bits per heavy atom. The molecule has 0 bridgehead atoms. The summed E-state index contributed by atoms with van der Waals surface area (Å²) >= 11 is 1.25. The summed E-state index contributed by atoms with van der Waals surface area (Å²) in [6.07, 6.45) is 0.865. The van der Waals surface area contributed by atoms with Gasteiger partial charge in [0.15, 0.2) is 0 Å². The van der Waals surface area contributed by atoms with Crippen molar-refractivity contribution in [3.8, 4) is 16.9 Å². The monoisotopic (exact) mass is 381 g/mol. The molecule has 0 unspecified atom stereocenters. The van der Waals surface area contributed by atoms with Gasteiger partial charge in [0.25, 0.3) is 0 Å². The highest BCUT2D eigenvalue weighted by atomic mass is 32.1. The highest BCUT2D eigenvalue weighted by Crippen LogP contribution is 2.24. The maximum atomic E-state index is 12.1. The number of methoxy groups -OCH3 is 1. The third kappa shape index (κ3) is 4.74. The standard InChI is InChI=1S/C21H19NO4S/c1-26-17-4-2-3-16(11-17)15-8-5-14(6-9-15)7-10-20(23)22-19-13-27-12-18(19)21(24)25/h2-6,8-9,11-13H,7,10H2,1H3,(H,22,23)(H,24,25). The molecule has 0 spiro atoms. The Labute approximate surface area is 161 Å². The summed E-state index contributed by atoms with van der Waals surface area (Å²) in [5.74, 6) is -0.435. The van der Waals surface area contributed by atoms with Crippen LogP contribution in [-0.4, -0.2) is 24.1 Å². The average molecular weight is 381 g/mol. The van der Waals surface area contributed by atoms with Crippen LogP contribution in [0.15, 0.2) is 59.3 Å². The number of carboxylic acids is 1. The molecule has 0 aliphatic heterocycles. The molecule has 2 aromatic carbocycles. The lowest BCUT2D eigenvalue weighted by atomic mass is 10.0. The van der Waals surface area contributed by atoms with Gasteiger partial charge in [-0.25, -0.2) is 4.79 Å². The summed E-state index contributed by atoms with van der Waals surface area (Å²) in [7, 11) is 1.64. The Morgan fingerprint density at radius 1 is 1.07 bits per heavy atom.